The number of benzene rings is 2. The predicted octanol–water partition coefficient (Wildman–Crippen LogP) is 4.46. The number of carbonyl (C=O) groups is 4. The molecule has 1 spiro atoms. The Kier molecular flexibility index (Phi) is 9.44. The SMILES string of the molecule is CC[C@@H]1CC1(NC(=O)[C@@H]1CC2CN1C(=O)[C@H](C(C)(C)C)NC(=O)OCC1(CC1)COc1cccc(c1)-c1nc3ccccc3cc1O2)C(=O)NS(=O)(=O)C1CC1. The van der Waals surface area contributed by atoms with E-state index in [0.717, 1.165) is 29.3 Å². The number of fused-ring (bicyclic) bond motifs is 7. The van der Waals surface area contributed by atoms with Gasteiger partial charge >= 0.3 is 6.09 Å². The molecule has 3 saturated carbocycles. The number of alkyl carbamates (subject to hydrolysis) is 1. The fourth-order valence-corrected chi connectivity index (χ4v) is 9.28. The second-order valence-corrected chi connectivity index (χ2v) is 19.3. The number of amides is 4. The fourth-order valence-electron chi connectivity index (χ4n) is 7.91. The quantitative estimate of drug-likeness (QED) is 0.323. The van der Waals surface area contributed by atoms with Crippen LogP contribution in [0.1, 0.15) is 72.6 Å². The number of carbonyl (C=O) groups excluding carboxylic acids is 4. The Morgan fingerprint density at radius 1 is 1.02 bits per heavy atom. The lowest BCUT2D eigenvalue weighted by Crippen LogP contribution is -2.60. The van der Waals surface area contributed by atoms with Gasteiger partial charge in [-0.25, -0.2) is 18.2 Å². The summed E-state index contributed by atoms with van der Waals surface area (Å²) < 4.78 is 46.5. The lowest BCUT2D eigenvalue weighted by atomic mass is 9.85. The van der Waals surface area contributed by atoms with Crippen LogP contribution in [0.2, 0.25) is 0 Å². The smallest absolute Gasteiger partial charge is 0.407 e. The molecule has 4 fully saturated rings. The van der Waals surface area contributed by atoms with Crippen molar-refractivity contribution in [1.29, 1.82) is 0 Å². The van der Waals surface area contributed by atoms with Crippen LogP contribution in [-0.2, 0) is 29.1 Å². The van der Waals surface area contributed by atoms with Gasteiger partial charge < -0.3 is 29.7 Å². The number of cyclic esters (lactones) is 1. The first kappa shape index (κ1) is 38.0. The minimum absolute atomic E-state index is 0.0226. The lowest BCUT2D eigenvalue weighted by Gasteiger charge is -2.35. The minimum Gasteiger partial charge on any atom is -0.493 e. The molecule has 2 aromatic carbocycles. The number of pyridine rings is 1. The van der Waals surface area contributed by atoms with Gasteiger partial charge in [-0.2, -0.15) is 0 Å². The van der Waals surface area contributed by atoms with Crippen LogP contribution < -0.4 is 24.8 Å². The first-order valence-electron chi connectivity index (χ1n) is 19.5. The molecule has 1 saturated heterocycles. The highest BCUT2D eigenvalue weighted by atomic mass is 32.2. The summed E-state index contributed by atoms with van der Waals surface area (Å²) >= 11 is 0. The van der Waals surface area contributed by atoms with Crippen LogP contribution in [0, 0.1) is 16.7 Å². The summed E-state index contributed by atoms with van der Waals surface area (Å²) in [6, 6.07) is 14.9. The molecule has 4 bridgehead atoms. The molecule has 5 aliphatic rings. The van der Waals surface area contributed by atoms with Gasteiger partial charge in [0.2, 0.25) is 21.8 Å². The number of nitrogens with zero attached hydrogens (tertiary/aromatic N) is 2. The largest absolute Gasteiger partial charge is 0.493 e. The second kappa shape index (κ2) is 13.9. The number of hydrogen-bond donors (Lipinski definition) is 3. The molecule has 2 aliphatic heterocycles. The third-order valence-electron chi connectivity index (χ3n) is 11.9. The van der Waals surface area contributed by atoms with Crippen molar-refractivity contribution in [3.8, 4) is 22.8 Å². The molecule has 3 heterocycles. The Morgan fingerprint density at radius 3 is 2.46 bits per heavy atom. The monoisotopic (exact) mass is 787 g/mol. The van der Waals surface area contributed by atoms with Crippen molar-refractivity contribution >= 4 is 44.7 Å². The standard InChI is InChI=1S/C41H49N5O9S/c1-5-26-20-41(26,37(49)45-56(51,52)29-13-14-29)44-35(47)31-19-28-21-46(31)36(48)34(39(2,3)4)43-38(50)54-23-40(15-16-40)22-53-27-11-8-10-25(17-27)33-32(55-28)18-24-9-6-7-12-30(24)42-33/h6-12,17-18,26,28-29,31,34H,5,13-16,19-23H2,1-4H3,(H,43,50)(H,44,47)(H,45,49)/t26-,28?,31+,34-,41?/m1/s1. The van der Waals surface area contributed by atoms with Crippen LogP contribution in [0.3, 0.4) is 0 Å². The van der Waals surface area contributed by atoms with Gasteiger partial charge in [-0.05, 0) is 67.7 Å². The maximum Gasteiger partial charge on any atom is 0.407 e. The molecular weight excluding hydrogens is 739 g/mol. The number of sulfonamides is 1. The maximum atomic E-state index is 14.7. The van der Waals surface area contributed by atoms with Gasteiger partial charge in [-0.1, -0.05) is 64.4 Å². The maximum absolute atomic E-state index is 14.7. The molecule has 298 valence electrons. The van der Waals surface area contributed by atoms with Crippen molar-refractivity contribution in [1.82, 2.24) is 25.2 Å². The molecule has 15 heteroatoms. The number of ether oxygens (including phenoxy) is 3. The van der Waals surface area contributed by atoms with Crippen LogP contribution in [0.4, 0.5) is 4.79 Å². The summed E-state index contributed by atoms with van der Waals surface area (Å²) in [5.74, 6) is -1.13. The average molecular weight is 788 g/mol. The van der Waals surface area contributed by atoms with Crippen molar-refractivity contribution in [2.75, 3.05) is 19.8 Å². The van der Waals surface area contributed by atoms with Crippen LogP contribution in [-0.4, -0.2) is 90.9 Å². The fraction of sp³-hybridized carbons (Fsp3) is 0.537. The van der Waals surface area contributed by atoms with Gasteiger partial charge in [0.25, 0.3) is 5.91 Å². The van der Waals surface area contributed by atoms with Crippen molar-refractivity contribution < 1.29 is 41.8 Å². The highest BCUT2D eigenvalue weighted by Crippen LogP contribution is 2.48. The first-order valence-corrected chi connectivity index (χ1v) is 21.1. The Labute approximate surface area is 326 Å². The molecule has 3 aromatic rings. The summed E-state index contributed by atoms with van der Waals surface area (Å²) in [4.78, 5) is 62.6. The van der Waals surface area contributed by atoms with E-state index in [1.54, 1.807) is 0 Å². The van der Waals surface area contributed by atoms with Gasteiger partial charge in [0.05, 0.1) is 23.9 Å². The second-order valence-electron chi connectivity index (χ2n) is 17.3. The van der Waals surface area contributed by atoms with Crippen molar-refractivity contribution in [2.45, 2.75) is 102 Å². The Morgan fingerprint density at radius 2 is 1.77 bits per heavy atom. The summed E-state index contributed by atoms with van der Waals surface area (Å²) in [5, 5.41) is 5.90. The molecule has 0 radical (unpaired) electrons. The zero-order chi connectivity index (χ0) is 39.6. The summed E-state index contributed by atoms with van der Waals surface area (Å²) in [5.41, 5.74) is -0.560. The highest BCUT2D eigenvalue weighted by Gasteiger charge is 2.62. The van der Waals surface area contributed by atoms with Crippen molar-refractivity contribution in [3.63, 3.8) is 0 Å². The molecule has 56 heavy (non-hydrogen) atoms. The lowest BCUT2D eigenvalue weighted by molar-refractivity contribution is -0.143. The summed E-state index contributed by atoms with van der Waals surface area (Å²) in [6.07, 6.45) is 1.93. The first-order chi connectivity index (χ1) is 26.6. The third kappa shape index (κ3) is 7.49. The number of hydrogen-bond acceptors (Lipinski definition) is 10. The van der Waals surface area contributed by atoms with Crippen molar-refractivity contribution in [3.05, 3.63) is 54.6 Å². The van der Waals surface area contributed by atoms with Crippen LogP contribution >= 0.6 is 0 Å². The summed E-state index contributed by atoms with van der Waals surface area (Å²) in [6.45, 7) is 7.72. The highest BCUT2D eigenvalue weighted by molar-refractivity contribution is 7.91. The topological polar surface area (TPSA) is 182 Å². The number of aromatic nitrogens is 1. The van der Waals surface area contributed by atoms with Gasteiger partial charge in [-0.3, -0.25) is 19.1 Å². The van der Waals surface area contributed by atoms with Gasteiger partial charge in [-0.15, -0.1) is 0 Å². The molecule has 14 nitrogen and oxygen atoms in total. The van der Waals surface area contributed by atoms with E-state index in [1.807, 2.05) is 82.3 Å². The van der Waals surface area contributed by atoms with E-state index in [-0.39, 0.29) is 37.3 Å². The zero-order valence-electron chi connectivity index (χ0n) is 32.1. The van der Waals surface area contributed by atoms with E-state index in [9.17, 15) is 27.6 Å². The minimum atomic E-state index is -3.88. The molecule has 4 amide bonds. The van der Waals surface area contributed by atoms with Crippen LogP contribution in [0.15, 0.2) is 54.6 Å². The normalized spacial score (nSPS) is 27.4. The predicted molar refractivity (Wildman–Crippen MR) is 206 cm³/mol. The molecule has 5 atom stereocenters. The van der Waals surface area contributed by atoms with E-state index in [4.69, 9.17) is 19.2 Å². The van der Waals surface area contributed by atoms with Crippen LogP contribution in [0.5, 0.6) is 11.5 Å². The zero-order valence-corrected chi connectivity index (χ0v) is 32.9. The Balaban J connectivity index is 1.16. The van der Waals surface area contributed by atoms with E-state index in [1.165, 1.54) is 4.90 Å². The van der Waals surface area contributed by atoms with Gasteiger partial charge in [0.1, 0.15) is 47.5 Å². The molecule has 2 unspecified atom stereocenters. The molecule has 3 N–H and O–H groups in total. The van der Waals surface area contributed by atoms with E-state index >= 15 is 0 Å². The number of para-hydroxylation sites is 1. The van der Waals surface area contributed by atoms with Gasteiger partial charge in [0.15, 0.2) is 0 Å². The number of nitrogens with one attached hydrogen (secondary N) is 3. The Bertz CT molecular complexity index is 2200. The summed E-state index contributed by atoms with van der Waals surface area (Å²) in [7, 11) is -3.88. The Hall–Kier alpha value is -4.92. The van der Waals surface area contributed by atoms with E-state index < -0.39 is 68.2 Å². The van der Waals surface area contributed by atoms with Gasteiger partial charge in [0, 0.05) is 22.8 Å². The molecule has 8 rings (SSSR count). The molecule has 1 aromatic heterocycles. The van der Waals surface area contributed by atoms with Crippen molar-refractivity contribution in [2.24, 2.45) is 16.7 Å². The molecule has 3 aliphatic carbocycles. The van der Waals surface area contributed by atoms with Crippen LogP contribution in [0.25, 0.3) is 22.2 Å². The van der Waals surface area contributed by atoms with E-state index in [2.05, 4.69) is 15.4 Å². The van der Waals surface area contributed by atoms with E-state index in [0.29, 0.717) is 43.1 Å². The average Bonchev–Trinajstić information content (AvgIpc) is 4.08. The third-order valence-corrected chi connectivity index (χ3v) is 13.7. The number of rotatable bonds is 6. The molecular formula is C41H49N5O9S.